The summed E-state index contributed by atoms with van der Waals surface area (Å²) in [5.41, 5.74) is 8.62. The molecule has 0 bridgehead atoms. The summed E-state index contributed by atoms with van der Waals surface area (Å²) < 4.78 is 5.67. The molecule has 2 rings (SSSR count). The molecule has 2 nitrogen and oxygen atoms in total. The van der Waals surface area contributed by atoms with Gasteiger partial charge in [-0.1, -0.05) is 23.7 Å². The minimum absolute atomic E-state index is 0.150. The first kappa shape index (κ1) is 12.8. The molecule has 0 spiro atoms. The first-order valence-electron chi connectivity index (χ1n) is 5.88. The molecule has 18 heavy (non-hydrogen) atoms. The number of anilines is 1. The summed E-state index contributed by atoms with van der Waals surface area (Å²) in [6.45, 7) is 4.00. The number of halogens is 1. The van der Waals surface area contributed by atoms with Crippen molar-refractivity contribution in [2.24, 2.45) is 0 Å². The third kappa shape index (κ3) is 2.96. The van der Waals surface area contributed by atoms with E-state index in [1.807, 2.05) is 50.2 Å². The molecule has 94 valence electrons. The van der Waals surface area contributed by atoms with E-state index in [9.17, 15) is 0 Å². The molecule has 0 atom stereocenters. The molecule has 0 aliphatic heterocycles. The normalized spacial score (nSPS) is 10.7. The molecule has 0 aliphatic rings. The Labute approximate surface area is 112 Å². The van der Waals surface area contributed by atoms with E-state index in [4.69, 9.17) is 22.1 Å². The fourth-order valence-corrected chi connectivity index (χ4v) is 1.96. The SMILES string of the molecule is CC(C)Oc1cccc(-c2cc(Cl)ccc2N)c1. The summed E-state index contributed by atoms with van der Waals surface area (Å²) in [6, 6.07) is 13.3. The van der Waals surface area contributed by atoms with Crippen molar-refractivity contribution in [2.45, 2.75) is 20.0 Å². The fourth-order valence-electron chi connectivity index (χ4n) is 1.79. The highest BCUT2D eigenvalue weighted by atomic mass is 35.5. The zero-order valence-electron chi connectivity index (χ0n) is 10.5. The second-order valence-electron chi connectivity index (χ2n) is 4.43. The molecule has 0 heterocycles. The van der Waals surface area contributed by atoms with Crippen molar-refractivity contribution in [3.63, 3.8) is 0 Å². The Hall–Kier alpha value is -1.67. The number of benzene rings is 2. The Kier molecular flexibility index (Phi) is 3.78. The van der Waals surface area contributed by atoms with E-state index in [0.29, 0.717) is 10.7 Å². The largest absolute Gasteiger partial charge is 0.491 e. The Morgan fingerprint density at radius 2 is 1.89 bits per heavy atom. The smallest absolute Gasteiger partial charge is 0.120 e. The van der Waals surface area contributed by atoms with Gasteiger partial charge in [-0.2, -0.15) is 0 Å². The molecule has 0 saturated heterocycles. The van der Waals surface area contributed by atoms with E-state index in [0.717, 1.165) is 16.9 Å². The molecule has 0 aromatic heterocycles. The summed E-state index contributed by atoms with van der Waals surface area (Å²) in [5, 5.41) is 0.675. The van der Waals surface area contributed by atoms with E-state index >= 15 is 0 Å². The highest BCUT2D eigenvalue weighted by Gasteiger charge is 2.05. The average Bonchev–Trinajstić information content (AvgIpc) is 2.32. The Bertz CT molecular complexity index is 552. The summed E-state index contributed by atoms with van der Waals surface area (Å²) in [5.74, 6) is 0.835. The van der Waals surface area contributed by atoms with Crippen LogP contribution in [0.4, 0.5) is 5.69 Å². The van der Waals surface area contributed by atoms with Gasteiger partial charge in [-0.3, -0.25) is 0 Å². The van der Waals surface area contributed by atoms with Crippen molar-refractivity contribution in [3.8, 4) is 16.9 Å². The molecular formula is C15H16ClNO. The van der Waals surface area contributed by atoms with E-state index in [2.05, 4.69) is 0 Å². The van der Waals surface area contributed by atoms with Crippen molar-refractivity contribution in [1.29, 1.82) is 0 Å². The monoisotopic (exact) mass is 261 g/mol. The van der Waals surface area contributed by atoms with Crippen LogP contribution in [0.2, 0.25) is 5.02 Å². The second kappa shape index (κ2) is 5.32. The Morgan fingerprint density at radius 3 is 2.61 bits per heavy atom. The van der Waals surface area contributed by atoms with Gasteiger partial charge < -0.3 is 10.5 Å². The zero-order valence-corrected chi connectivity index (χ0v) is 11.2. The van der Waals surface area contributed by atoms with Crippen molar-refractivity contribution in [3.05, 3.63) is 47.5 Å². The van der Waals surface area contributed by atoms with Crippen LogP contribution in [0.15, 0.2) is 42.5 Å². The number of nitrogens with two attached hydrogens (primary N) is 1. The molecule has 0 radical (unpaired) electrons. The standard InChI is InChI=1S/C15H16ClNO/c1-10(2)18-13-5-3-4-11(8-13)14-9-12(16)6-7-15(14)17/h3-10H,17H2,1-2H3. The summed E-state index contributed by atoms with van der Waals surface area (Å²) >= 11 is 6.00. The van der Waals surface area contributed by atoms with Gasteiger partial charge in [-0.25, -0.2) is 0 Å². The third-order valence-corrected chi connectivity index (χ3v) is 2.77. The van der Waals surface area contributed by atoms with Crippen LogP contribution in [0.5, 0.6) is 5.75 Å². The lowest BCUT2D eigenvalue weighted by atomic mass is 10.0. The van der Waals surface area contributed by atoms with E-state index in [1.54, 1.807) is 6.07 Å². The van der Waals surface area contributed by atoms with Crippen molar-refractivity contribution in [2.75, 3.05) is 5.73 Å². The van der Waals surface area contributed by atoms with Gasteiger partial charge in [-0.15, -0.1) is 0 Å². The maximum atomic E-state index is 6.00. The van der Waals surface area contributed by atoms with Gasteiger partial charge in [-0.05, 0) is 49.7 Å². The maximum absolute atomic E-state index is 6.00. The molecule has 0 unspecified atom stereocenters. The number of rotatable bonds is 3. The topological polar surface area (TPSA) is 35.2 Å². The molecule has 2 N–H and O–H groups in total. The Balaban J connectivity index is 2.41. The highest BCUT2D eigenvalue weighted by molar-refractivity contribution is 6.31. The first-order chi connectivity index (χ1) is 8.56. The minimum atomic E-state index is 0.150. The van der Waals surface area contributed by atoms with Gasteiger partial charge in [0.15, 0.2) is 0 Å². The van der Waals surface area contributed by atoms with Gasteiger partial charge in [0.25, 0.3) is 0 Å². The van der Waals surface area contributed by atoms with Crippen LogP contribution in [-0.4, -0.2) is 6.10 Å². The van der Waals surface area contributed by atoms with Crippen LogP contribution in [0.1, 0.15) is 13.8 Å². The number of ether oxygens (including phenoxy) is 1. The fraction of sp³-hybridized carbons (Fsp3) is 0.200. The van der Waals surface area contributed by atoms with Crippen LogP contribution in [-0.2, 0) is 0 Å². The number of hydrogen-bond donors (Lipinski definition) is 1. The third-order valence-electron chi connectivity index (χ3n) is 2.53. The molecule has 2 aromatic carbocycles. The molecule has 3 heteroatoms. The quantitative estimate of drug-likeness (QED) is 0.833. The van der Waals surface area contributed by atoms with Crippen LogP contribution < -0.4 is 10.5 Å². The lowest BCUT2D eigenvalue weighted by Crippen LogP contribution is -2.05. The molecule has 0 fully saturated rings. The van der Waals surface area contributed by atoms with Gasteiger partial charge in [0.2, 0.25) is 0 Å². The van der Waals surface area contributed by atoms with E-state index < -0.39 is 0 Å². The number of hydrogen-bond acceptors (Lipinski definition) is 2. The molecule has 2 aromatic rings. The molecule has 0 amide bonds. The van der Waals surface area contributed by atoms with Crippen molar-refractivity contribution in [1.82, 2.24) is 0 Å². The van der Waals surface area contributed by atoms with Gasteiger partial charge in [0.05, 0.1) is 6.10 Å². The van der Waals surface area contributed by atoms with Crippen molar-refractivity contribution >= 4 is 17.3 Å². The summed E-state index contributed by atoms with van der Waals surface area (Å²) in [7, 11) is 0. The maximum Gasteiger partial charge on any atom is 0.120 e. The van der Waals surface area contributed by atoms with Crippen molar-refractivity contribution < 1.29 is 4.74 Å². The Morgan fingerprint density at radius 1 is 1.11 bits per heavy atom. The minimum Gasteiger partial charge on any atom is -0.491 e. The molecular weight excluding hydrogens is 246 g/mol. The van der Waals surface area contributed by atoms with Gasteiger partial charge in [0, 0.05) is 16.3 Å². The highest BCUT2D eigenvalue weighted by Crippen LogP contribution is 2.31. The first-order valence-corrected chi connectivity index (χ1v) is 6.26. The summed E-state index contributed by atoms with van der Waals surface area (Å²) in [6.07, 6.45) is 0.150. The molecule has 0 aliphatic carbocycles. The summed E-state index contributed by atoms with van der Waals surface area (Å²) in [4.78, 5) is 0. The van der Waals surface area contributed by atoms with E-state index in [1.165, 1.54) is 0 Å². The van der Waals surface area contributed by atoms with Crippen LogP contribution >= 0.6 is 11.6 Å². The van der Waals surface area contributed by atoms with Crippen LogP contribution in [0, 0.1) is 0 Å². The number of nitrogen functional groups attached to an aromatic ring is 1. The van der Waals surface area contributed by atoms with Crippen LogP contribution in [0.25, 0.3) is 11.1 Å². The van der Waals surface area contributed by atoms with Gasteiger partial charge in [0.1, 0.15) is 5.75 Å². The van der Waals surface area contributed by atoms with Gasteiger partial charge >= 0.3 is 0 Å². The lowest BCUT2D eigenvalue weighted by Gasteiger charge is -2.12. The van der Waals surface area contributed by atoms with Crippen LogP contribution in [0.3, 0.4) is 0 Å². The predicted octanol–water partition coefficient (Wildman–Crippen LogP) is 4.38. The lowest BCUT2D eigenvalue weighted by molar-refractivity contribution is 0.242. The second-order valence-corrected chi connectivity index (χ2v) is 4.86. The predicted molar refractivity (Wildman–Crippen MR) is 77.1 cm³/mol. The van der Waals surface area contributed by atoms with E-state index in [-0.39, 0.29) is 6.10 Å². The average molecular weight is 262 g/mol. The molecule has 0 saturated carbocycles. The zero-order chi connectivity index (χ0) is 13.1.